The van der Waals surface area contributed by atoms with E-state index in [9.17, 15) is 4.79 Å². The van der Waals surface area contributed by atoms with E-state index in [0.29, 0.717) is 18.0 Å². The lowest BCUT2D eigenvalue weighted by Gasteiger charge is -2.12. The van der Waals surface area contributed by atoms with Crippen LogP contribution in [0.15, 0.2) is 91.1 Å². The minimum Gasteiger partial charge on any atom is -0.453 e. The van der Waals surface area contributed by atoms with E-state index in [-0.39, 0.29) is 23.2 Å². The number of fused-ring (bicyclic) bond motifs is 1. The summed E-state index contributed by atoms with van der Waals surface area (Å²) < 4.78 is 26.9. The van der Waals surface area contributed by atoms with Gasteiger partial charge in [0.15, 0.2) is 16.7 Å². The van der Waals surface area contributed by atoms with E-state index in [1.54, 1.807) is 25.4 Å². The predicted molar refractivity (Wildman–Crippen MR) is 170 cm³/mol. The molecule has 0 aliphatic heterocycles. The molecule has 3 aromatic carbocycles. The first-order valence-corrected chi connectivity index (χ1v) is 14.5. The third-order valence-electron chi connectivity index (χ3n) is 6.30. The normalized spacial score (nSPS) is 10.9. The Morgan fingerprint density at radius 1 is 0.976 bits per heavy atom. The van der Waals surface area contributed by atoms with Gasteiger partial charge in [0, 0.05) is 49.1 Å². The van der Waals surface area contributed by atoms with Crippen LogP contribution in [0.5, 0.6) is 11.5 Å². The van der Waals surface area contributed by atoms with Gasteiger partial charge in [0.2, 0.25) is 5.91 Å². The molecule has 0 unspecified atom stereocenters. The number of methoxy groups -OCH3 is 1. The van der Waals surface area contributed by atoms with Gasteiger partial charge >= 0.3 is 0 Å². The molecule has 5 aromatic rings. The van der Waals surface area contributed by atoms with Crippen LogP contribution in [0.3, 0.4) is 0 Å². The van der Waals surface area contributed by atoms with E-state index in [2.05, 4.69) is 45.2 Å². The van der Waals surface area contributed by atoms with Crippen LogP contribution in [-0.2, 0) is 22.5 Å². The van der Waals surface area contributed by atoms with E-state index in [4.69, 9.17) is 21.7 Å². The van der Waals surface area contributed by atoms with E-state index >= 15 is 4.39 Å². The Bertz CT molecular complexity index is 1680. The molecule has 214 valence electrons. The fraction of sp³-hybridized carbons (Fsp3) is 0.156. The van der Waals surface area contributed by atoms with Crippen molar-refractivity contribution in [1.29, 1.82) is 0 Å². The van der Waals surface area contributed by atoms with Crippen molar-refractivity contribution >= 4 is 50.5 Å². The fourth-order valence-corrected chi connectivity index (χ4v) is 5.53. The van der Waals surface area contributed by atoms with Crippen LogP contribution in [0.2, 0.25) is 0 Å². The second-order valence-corrected chi connectivity index (χ2v) is 10.9. The van der Waals surface area contributed by atoms with Gasteiger partial charge < -0.3 is 25.4 Å². The van der Waals surface area contributed by atoms with Gasteiger partial charge in [-0.2, -0.15) is 0 Å². The number of ether oxygens (including phenoxy) is 2. The molecule has 0 bridgehead atoms. The molecule has 0 saturated carbocycles. The van der Waals surface area contributed by atoms with Gasteiger partial charge in [-0.25, -0.2) is 4.39 Å². The monoisotopic (exact) mass is 600 g/mol. The second kappa shape index (κ2) is 14.1. The summed E-state index contributed by atoms with van der Waals surface area (Å²) >= 11 is 6.77. The van der Waals surface area contributed by atoms with E-state index in [1.165, 1.54) is 29.0 Å². The molecule has 0 atom stereocenters. The number of anilines is 1. The van der Waals surface area contributed by atoms with Gasteiger partial charge in [-0.15, -0.1) is 11.3 Å². The molecule has 0 aliphatic rings. The van der Waals surface area contributed by atoms with Crippen LogP contribution in [-0.4, -0.2) is 36.3 Å². The maximum absolute atomic E-state index is 15.1. The smallest absolute Gasteiger partial charge is 0.230 e. The average molecular weight is 601 g/mol. The number of benzene rings is 3. The Hall–Kier alpha value is -4.22. The molecule has 0 radical (unpaired) electrons. The Morgan fingerprint density at radius 2 is 1.79 bits per heavy atom. The summed E-state index contributed by atoms with van der Waals surface area (Å²) in [5, 5.41) is 8.89. The molecular formula is C32H29FN4O3S2. The Morgan fingerprint density at radius 3 is 2.55 bits per heavy atom. The van der Waals surface area contributed by atoms with Crippen molar-refractivity contribution in [2.45, 2.75) is 13.0 Å². The number of pyridine rings is 1. The number of aromatic nitrogens is 1. The molecule has 0 spiro atoms. The molecule has 0 saturated heterocycles. The first kappa shape index (κ1) is 29.3. The molecule has 0 fully saturated rings. The van der Waals surface area contributed by atoms with Gasteiger partial charge in [0.1, 0.15) is 5.75 Å². The van der Waals surface area contributed by atoms with Gasteiger partial charge in [0.05, 0.1) is 23.2 Å². The minimum absolute atomic E-state index is 0.0624. The number of carbonyl (C=O) groups excluding carboxylic acids is 1. The zero-order chi connectivity index (χ0) is 29.3. The van der Waals surface area contributed by atoms with Gasteiger partial charge in [-0.05, 0) is 47.1 Å². The molecule has 2 heterocycles. The summed E-state index contributed by atoms with van der Waals surface area (Å²) in [6, 6.07) is 25.8. The maximum atomic E-state index is 15.1. The van der Waals surface area contributed by atoms with Crippen LogP contribution in [0.4, 0.5) is 10.1 Å². The van der Waals surface area contributed by atoms with Crippen LogP contribution >= 0.6 is 23.6 Å². The number of nitrogens with zero attached hydrogens (tertiary/aromatic N) is 1. The van der Waals surface area contributed by atoms with Crippen LogP contribution in [0, 0.1) is 5.82 Å². The van der Waals surface area contributed by atoms with Crippen LogP contribution < -0.4 is 20.7 Å². The van der Waals surface area contributed by atoms with Crippen molar-refractivity contribution < 1.29 is 18.7 Å². The molecule has 10 heteroatoms. The number of thiophene rings is 1. The minimum atomic E-state index is -0.574. The molecular weight excluding hydrogens is 572 g/mol. The zero-order valence-electron chi connectivity index (χ0n) is 22.9. The van der Waals surface area contributed by atoms with Crippen molar-refractivity contribution in [2.75, 3.05) is 25.6 Å². The molecule has 1 amide bonds. The summed E-state index contributed by atoms with van der Waals surface area (Å²) in [4.78, 5) is 17.8. The van der Waals surface area contributed by atoms with Crippen molar-refractivity contribution in [1.82, 2.24) is 15.6 Å². The highest BCUT2D eigenvalue weighted by atomic mass is 32.1. The number of thiocarbonyl (C=S) groups is 1. The highest BCUT2D eigenvalue weighted by Crippen LogP contribution is 2.39. The third-order valence-corrected chi connectivity index (χ3v) is 7.69. The van der Waals surface area contributed by atoms with Gasteiger partial charge in [0.25, 0.3) is 0 Å². The number of hydrogen-bond donors (Lipinski definition) is 3. The molecule has 42 heavy (non-hydrogen) atoms. The van der Waals surface area contributed by atoms with E-state index < -0.39 is 5.82 Å². The summed E-state index contributed by atoms with van der Waals surface area (Å²) in [6.45, 7) is 2.24. The standard InChI is InChI=1S/C32H29FN4O3S2/c1-39-16-15-34-20-22-7-9-23(10-8-22)29-19-26-31(42-29)28(13-14-35-26)40-27-12-11-24(18-25(27)33)36-32(41)37-30(38)17-21-5-3-2-4-6-21/h2-14,18-19,34H,15-17,20H2,1H3,(H2,36,37,38,41). The number of halogens is 1. The van der Waals surface area contributed by atoms with E-state index in [0.717, 1.165) is 39.3 Å². The van der Waals surface area contributed by atoms with Crippen LogP contribution in [0.1, 0.15) is 11.1 Å². The van der Waals surface area contributed by atoms with Crippen LogP contribution in [0.25, 0.3) is 20.7 Å². The average Bonchev–Trinajstić information content (AvgIpc) is 3.43. The molecule has 5 rings (SSSR count). The lowest BCUT2D eigenvalue weighted by atomic mass is 10.1. The molecule has 2 aromatic heterocycles. The highest BCUT2D eigenvalue weighted by molar-refractivity contribution is 7.80. The SMILES string of the molecule is COCCNCc1ccc(-c2cc3nccc(Oc4ccc(NC(=S)NC(=O)Cc5ccccc5)cc4F)c3s2)cc1. The topological polar surface area (TPSA) is 84.5 Å². The number of rotatable bonds is 11. The first-order chi connectivity index (χ1) is 20.5. The highest BCUT2D eigenvalue weighted by Gasteiger charge is 2.14. The van der Waals surface area contributed by atoms with Crippen molar-refractivity contribution in [2.24, 2.45) is 0 Å². The summed E-state index contributed by atoms with van der Waals surface area (Å²) in [6.07, 6.45) is 1.83. The molecule has 7 nitrogen and oxygen atoms in total. The fourth-order valence-electron chi connectivity index (χ4n) is 4.23. The number of hydrogen-bond acceptors (Lipinski definition) is 7. The lowest BCUT2D eigenvalue weighted by molar-refractivity contribution is -0.119. The van der Waals surface area contributed by atoms with Crippen molar-refractivity contribution in [3.8, 4) is 21.9 Å². The largest absolute Gasteiger partial charge is 0.453 e. The van der Waals surface area contributed by atoms with E-state index in [1.807, 2.05) is 36.4 Å². The molecule has 0 aliphatic carbocycles. The summed E-state index contributed by atoms with van der Waals surface area (Å²) in [5.74, 6) is -0.261. The Kier molecular flexibility index (Phi) is 9.83. The number of amides is 1. The second-order valence-electron chi connectivity index (χ2n) is 9.41. The van der Waals surface area contributed by atoms with Crippen molar-refractivity contribution in [3.05, 3.63) is 108 Å². The first-order valence-electron chi connectivity index (χ1n) is 13.3. The van der Waals surface area contributed by atoms with Crippen molar-refractivity contribution in [3.63, 3.8) is 0 Å². The summed E-state index contributed by atoms with van der Waals surface area (Å²) in [7, 11) is 1.69. The Balaban J connectivity index is 1.23. The number of carbonyl (C=O) groups is 1. The van der Waals surface area contributed by atoms with Gasteiger partial charge in [-0.3, -0.25) is 9.78 Å². The zero-order valence-corrected chi connectivity index (χ0v) is 24.5. The lowest BCUT2D eigenvalue weighted by Crippen LogP contribution is -2.35. The predicted octanol–water partition coefficient (Wildman–Crippen LogP) is 6.69. The summed E-state index contributed by atoms with van der Waals surface area (Å²) in [5.41, 5.74) is 4.28. The maximum Gasteiger partial charge on any atom is 0.230 e. The molecule has 3 N–H and O–H groups in total. The quantitative estimate of drug-likeness (QED) is 0.115. The number of nitrogens with one attached hydrogen (secondary N) is 3. The Labute approximate surface area is 252 Å². The third kappa shape index (κ3) is 7.74. The van der Waals surface area contributed by atoms with Gasteiger partial charge in [-0.1, -0.05) is 54.6 Å².